The molecule has 0 radical (unpaired) electrons. The zero-order valence-corrected chi connectivity index (χ0v) is 10.1. The third kappa shape index (κ3) is 5.66. The topological polar surface area (TPSA) is 127 Å². The van der Waals surface area contributed by atoms with Gasteiger partial charge in [-0.15, -0.1) is 11.3 Å². The number of hydrogen-bond acceptors (Lipinski definition) is 6. The highest BCUT2D eigenvalue weighted by Crippen LogP contribution is 2.24. The van der Waals surface area contributed by atoms with Crippen LogP contribution in [0.15, 0.2) is 5.38 Å². The van der Waals surface area contributed by atoms with Gasteiger partial charge in [0.2, 0.25) is 0 Å². The molecule has 0 bridgehead atoms. The Morgan fingerprint density at radius 1 is 1.50 bits per heavy atom. The zero-order chi connectivity index (χ0) is 12.9. The lowest BCUT2D eigenvalue weighted by molar-refractivity contribution is 0.0607. The second kappa shape index (κ2) is 5.80. The van der Waals surface area contributed by atoms with Crippen molar-refractivity contribution in [1.29, 1.82) is 0 Å². The largest absolute Gasteiger partial charge is 0.465 e. The SMILES string of the molecule is COC(=O)c1scc(C)c1N.O=S(=O)(O)O. The summed E-state index contributed by atoms with van der Waals surface area (Å²) < 4.78 is 36.1. The average molecular weight is 269 g/mol. The van der Waals surface area contributed by atoms with Crippen LogP contribution in [-0.2, 0) is 15.1 Å². The molecule has 1 heterocycles. The van der Waals surface area contributed by atoms with E-state index in [4.69, 9.17) is 23.3 Å². The molecule has 0 aliphatic heterocycles. The second-order valence-electron chi connectivity index (χ2n) is 2.60. The zero-order valence-electron chi connectivity index (χ0n) is 8.50. The van der Waals surface area contributed by atoms with E-state index < -0.39 is 10.4 Å². The van der Waals surface area contributed by atoms with Crippen molar-refractivity contribution in [3.8, 4) is 0 Å². The van der Waals surface area contributed by atoms with Crippen molar-refractivity contribution >= 4 is 33.4 Å². The van der Waals surface area contributed by atoms with E-state index in [0.29, 0.717) is 10.6 Å². The molecule has 0 aromatic carbocycles. The molecule has 0 aliphatic rings. The van der Waals surface area contributed by atoms with E-state index in [2.05, 4.69) is 4.74 Å². The molecule has 0 amide bonds. The normalized spacial score (nSPS) is 10.2. The number of rotatable bonds is 1. The van der Waals surface area contributed by atoms with Crippen molar-refractivity contribution in [1.82, 2.24) is 0 Å². The Morgan fingerprint density at radius 2 is 1.94 bits per heavy atom. The first-order chi connectivity index (χ1) is 7.16. The number of nitrogens with two attached hydrogens (primary N) is 1. The van der Waals surface area contributed by atoms with Gasteiger partial charge in [0.1, 0.15) is 4.88 Å². The van der Waals surface area contributed by atoms with E-state index in [1.54, 1.807) is 0 Å². The predicted molar refractivity (Wildman–Crippen MR) is 59.0 cm³/mol. The van der Waals surface area contributed by atoms with Gasteiger partial charge in [-0.3, -0.25) is 9.11 Å². The lowest BCUT2D eigenvalue weighted by atomic mass is 10.3. The van der Waals surface area contributed by atoms with Crippen LogP contribution in [-0.4, -0.2) is 30.6 Å². The number of hydrogen-bond donors (Lipinski definition) is 3. The smallest absolute Gasteiger partial charge is 0.394 e. The predicted octanol–water partition coefficient (Wildman–Crippen LogP) is 0.773. The van der Waals surface area contributed by atoms with Crippen LogP contribution in [0.3, 0.4) is 0 Å². The molecule has 92 valence electrons. The van der Waals surface area contributed by atoms with E-state index in [1.165, 1.54) is 18.4 Å². The van der Waals surface area contributed by atoms with Crippen LogP contribution in [0.4, 0.5) is 5.69 Å². The van der Waals surface area contributed by atoms with Gasteiger partial charge in [-0.1, -0.05) is 0 Å². The highest BCUT2D eigenvalue weighted by molar-refractivity contribution is 7.79. The maximum absolute atomic E-state index is 11.0. The van der Waals surface area contributed by atoms with E-state index >= 15 is 0 Å². The molecule has 7 nitrogen and oxygen atoms in total. The fourth-order valence-corrected chi connectivity index (χ4v) is 1.59. The number of carbonyl (C=O) groups excluding carboxylic acids is 1. The van der Waals surface area contributed by atoms with Gasteiger partial charge in [-0.25, -0.2) is 4.79 Å². The van der Waals surface area contributed by atoms with Gasteiger partial charge < -0.3 is 10.5 Å². The lowest BCUT2D eigenvalue weighted by Crippen LogP contribution is -2.01. The van der Waals surface area contributed by atoms with Crippen LogP contribution in [0.1, 0.15) is 15.2 Å². The van der Waals surface area contributed by atoms with Gasteiger partial charge in [0.15, 0.2) is 0 Å². The fourth-order valence-electron chi connectivity index (χ4n) is 0.704. The number of carbonyl (C=O) groups is 1. The van der Waals surface area contributed by atoms with Gasteiger partial charge in [0.05, 0.1) is 12.8 Å². The van der Waals surface area contributed by atoms with Crippen LogP contribution >= 0.6 is 11.3 Å². The van der Waals surface area contributed by atoms with Crippen LogP contribution in [0.25, 0.3) is 0 Å². The summed E-state index contributed by atoms with van der Waals surface area (Å²) in [5.74, 6) is -0.361. The molecule has 0 saturated heterocycles. The molecule has 0 spiro atoms. The summed E-state index contributed by atoms with van der Waals surface area (Å²) >= 11 is 1.31. The summed E-state index contributed by atoms with van der Waals surface area (Å²) in [6, 6.07) is 0. The maximum atomic E-state index is 11.0. The maximum Gasteiger partial charge on any atom is 0.394 e. The van der Waals surface area contributed by atoms with Gasteiger partial charge in [0.25, 0.3) is 0 Å². The van der Waals surface area contributed by atoms with Crippen molar-refractivity contribution in [2.45, 2.75) is 6.92 Å². The Bertz CT molecular complexity index is 455. The van der Waals surface area contributed by atoms with E-state index in [1.807, 2.05) is 12.3 Å². The van der Waals surface area contributed by atoms with Gasteiger partial charge in [0, 0.05) is 0 Å². The molecule has 1 aromatic rings. The summed E-state index contributed by atoms with van der Waals surface area (Å²) in [7, 11) is -3.32. The van der Waals surface area contributed by atoms with Crippen molar-refractivity contribution in [2.75, 3.05) is 12.8 Å². The first kappa shape index (κ1) is 14.8. The molecule has 4 N–H and O–H groups in total. The Balaban J connectivity index is 0.000000385. The molecule has 1 rings (SSSR count). The number of anilines is 1. The number of methoxy groups -OCH3 is 1. The number of ether oxygens (including phenoxy) is 1. The van der Waals surface area contributed by atoms with Gasteiger partial charge >= 0.3 is 16.4 Å². The highest BCUT2D eigenvalue weighted by Gasteiger charge is 2.13. The molecule has 0 fully saturated rings. The fraction of sp³-hybridized carbons (Fsp3) is 0.286. The number of nitrogen functional groups attached to an aromatic ring is 1. The summed E-state index contributed by atoms with van der Waals surface area (Å²) in [4.78, 5) is 11.4. The van der Waals surface area contributed by atoms with Crippen molar-refractivity contribution < 1.29 is 27.1 Å². The molecular formula is C7H11NO6S2. The molecule has 0 atom stereocenters. The van der Waals surface area contributed by atoms with Crippen LogP contribution in [0, 0.1) is 6.92 Å². The van der Waals surface area contributed by atoms with Crippen molar-refractivity contribution in [2.24, 2.45) is 0 Å². The summed E-state index contributed by atoms with van der Waals surface area (Å²) in [5, 5.41) is 1.83. The molecule has 9 heteroatoms. The minimum Gasteiger partial charge on any atom is -0.465 e. The molecule has 16 heavy (non-hydrogen) atoms. The third-order valence-corrected chi connectivity index (χ3v) is 2.49. The highest BCUT2D eigenvalue weighted by atomic mass is 32.3. The monoisotopic (exact) mass is 269 g/mol. The quantitative estimate of drug-likeness (QED) is 0.507. The Kier molecular flexibility index (Phi) is 5.38. The second-order valence-corrected chi connectivity index (χ2v) is 4.38. The van der Waals surface area contributed by atoms with E-state index in [9.17, 15) is 4.79 Å². The Labute approximate surface area is 96.4 Å². The third-order valence-electron chi connectivity index (χ3n) is 1.39. The van der Waals surface area contributed by atoms with E-state index in [0.717, 1.165) is 5.56 Å². The number of thiophene rings is 1. The van der Waals surface area contributed by atoms with Gasteiger partial charge in [-0.2, -0.15) is 8.42 Å². The lowest BCUT2D eigenvalue weighted by Gasteiger charge is -1.96. The molecule has 1 aromatic heterocycles. The van der Waals surface area contributed by atoms with Crippen LogP contribution < -0.4 is 5.73 Å². The van der Waals surface area contributed by atoms with Crippen molar-refractivity contribution in [3.05, 3.63) is 15.8 Å². The van der Waals surface area contributed by atoms with Crippen LogP contribution in [0.2, 0.25) is 0 Å². The molecule has 0 saturated carbocycles. The minimum atomic E-state index is -4.67. The standard InChI is InChI=1S/C7H9NO2S.H2O4S/c1-4-3-11-6(5(4)8)7(9)10-2;1-5(2,3)4/h3H,8H2,1-2H3;(H2,1,2,3,4). The summed E-state index contributed by atoms with van der Waals surface area (Å²) in [6.45, 7) is 1.86. The first-order valence-corrected chi connectivity index (χ1v) is 6.06. The van der Waals surface area contributed by atoms with Crippen molar-refractivity contribution in [3.63, 3.8) is 0 Å². The van der Waals surface area contributed by atoms with Gasteiger partial charge in [-0.05, 0) is 17.9 Å². The number of aryl methyl sites for hydroxylation is 1. The molecular weight excluding hydrogens is 258 g/mol. The van der Waals surface area contributed by atoms with E-state index in [-0.39, 0.29) is 5.97 Å². The average Bonchev–Trinajstić information content (AvgIpc) is 2.44. The van der Waals surface area contributed by atoms with Crippen LogP contribution in [0.5, 0.6) is 0 Å². The Hall–Kier alpha value is -1.16. The Morgan fingerprint density at radius 3 is 2.19 bits per heavy atom. The first-order valence-electron chi connectivity index (χ1n) is 3.78. The number of esters is 1. The summed E-state index contributed by atoms with van der Waals surface area (Å²) in [5.41, 5.74) is 7.04. The molecule has 0 aliphatic carbocycles. The summed E-state index contributed by atoms with van der Waals surface area (Å²) in [6.07, 6.45) is 0. The minimum absolute atomic E-state index is 0.361. The molecule has 0 unspecified atom stereocenters.